The van der Waals surface area contributed by atoms with E-state index in [0.717, 1.165) is 10.8 Å². The number of methoxy groups -OCH3 is 1. The van der Waals surface area contributed by atoms with Crippen LogP contribution in [-0.2, 0) is 16.1 Å². The van der Waals surface area contributed by atoms with Crippen LogP contribution in [0.3, 0.4) is 0 Å². The van der Waals surface area contributed by atoms with Crippen molar-refractivity contribution >= 4 is 33.6 Å². The Balaban J connectivity index is 1.46. The van der Waals surface area contributed by atoms with Gasteiger partial charge in [-0.3, -0.25) is 9.59 Å². The Bertz CT molecular complexity index is 1320. The molecule has 156 valence electrons. The molecule has 0 saturated heterocycles. The Morgan fingerprint density at radius 1 is 1.00 bits per heavy atom. The van der Waals surface area contributed by atoms with Crippen LogP contribution in [0, 0.1) is 0 Å². The first-order chi connectivity index (χ1) is 15.0. The molecule has 0 unspecified atom stereocenters. The van der Waals surface area contributed by atoms with Crippen molar-refractivity contribution in [3.8, 4) is 5.75 Å². The molecular weight excluding hydrogens is 398 g/mol. The number of rotatable bonds is 6. The van der Waals surface area contributed by atoms with Gasteiger partial charge in [0.25, 0.3) is 5.91 Å². The van der Waals surface area contributed by atoms with Crippen LogP contribution < -0.4 is 15.7 Å². The number of hydrogen-bond acceptors (Lipinski definition) is 6. The number of fused-ring (bicyclic) bond motifs is 3. The third-order valence-electron chi connectivity index (χ3n) is 4.85. The topological polar surface area (TPSA) is 94.8 Å². The molecule has 7 heteroatoms. The molecule has 0 saturated carbocycles. The lowest BCUT2D eigenvalue weighted by molar-refractivity contribution is -0.143. The highest BCUT2D eigenvalue weighted by Crippen LogP contribution is 2.27. The van der Waals surface area contributed by atoms with E-state index in [4.69, 9.17) is 13.9 Å². The normalized spacial score (nSPS) is 10.7. The van der Waals surface area contributed by atoms with Gasteiger partial charge in [0.15, 0.2) is 0 Å². The maximum absolute atomic E-state index is 12.2. The van der Waals surface area contributed by atoms with Crippen molar-refractivity contribution in [3.63, 3.8) is 0 Å². The molecule has 1 aromatic heterocycles. The summed E-state index contributed by atoms with van der Waals surface area (Å²) in [6.07, 6.45) is 0. The van der Waals surface area contributed by atoms with Crippen LogP contribution in [0.2, 0.25) is 0 Å². The van der Waals surface area contributed by atoms with Crippen molar-refractivity contribution in [2.45, 2.75) is 6.61 Å². The maximum atomic E-state index is 12.2. The van der Waals surface area contributed by atoms with E-state index in [-0.39, 0.29) is 13.2 Å². The van der Waals surface area contributed by atoms with E-state index in [1.54, 1.807) is 30.3 Å². The Labute approximate surface area is 177 Å². The summed E-state index contributed by atoms with van der Waals surface area (Å²) >= 11 is 0. The van der Waals surface area contributed by atoms with Crippen molar-refractivity contribution in [3.05, 3.63) is 88.3 Å². The minimum absolute atomic E-state index is 0.118. The number of nitrogens with one attached hydrogen (secondary N) is 1. The predicted octanol–water partition coefficient (Wildman–Crippen LogP) is 3.43. The number of ether oxygens (including phenoxy) is 2. The number of benzene rings is 3. The molecule has 0 aliphatic rings. The molecule has 0 atom stereocenters. The standard InChI is InChI=1S/C24H19NO6/c1-29-18-9-6-16(7-10-18)24(28)25-13-22(27)30-14-17-12-21(26)31-20-11-8-15-4-2-3-5-19(15)23(17)20/h2-12H,13-14H2,1H3,(H,25,28). The van der Waals surface area contributed by atoms with Gasteiger partial charge in [-0.2, -0.15) is 0 Å². The number of hydrogen-bond donors (Lipinski definition) is 1. The first kappa shape index (κ1) is 20.2. The first-order valence-electron chi connectivity index (χ1n) is 9.57. The minimum atomic E-state index is -0.622. The molecule has 3 aromatic carbocycles. The van der Waals surface area contributed by atoms with Gasteiger partial charge in [0, 0.05) is 22.6 Å². The molecule has 0 radical (unpaired) electrons. The molecule has 7 nitrogen and oxygen atoms in total. The van der Waals surface area contributed by atoms with Gasteiger partial charge in [0.1, 0.15) is 24.5 Å². The third kappa shape index (κ3) is 4.40. The van der Waals surface area contributed by atoms with Gasteiger partial charge in [0.2, 0.25) is 0 Å². The lowest BCUT2D eigenvalue weighted by Crippen LogP contribution is -2.30. The number of carbonyl (C=O) groups is 2. The average Bonchev–Trinajstić information content (AvgIpc) is 2.80. The molecular formula is C24H19NO6. The summed E-state index contributed by atoms with van der Waals surface area (Å²) in [6, 6.07) is 19.1. The second-order valence-electron chi connectivity index (χ2n) is 6.82. The molecule has 0 aliphatic carbocycles. The quantitative estimate of drug-likeness (QED) is 0.293. The SMILES string of the molecule is COc1ccc(C(=O)NCC(=O)OCc2cc(=O)oc3ccc4ccccc4c23)cc1. The largest absolute Gasteiger partial charge is 0.497 e. The predicted molar refractivity (Wildman–Crippen MR) is 115 cm³/mol. The number of esters is 1. The summed E-state index contributed by atoms with van der Waals surface area (Å²) in [5, 5.41) is 5.10. The molecule has 1 N–H and O–H groups in total. The second kappa shape index (κ2) is 8.71. The minimum Gasteiger partial charge on any atom is -0.497 e. The van der Waals surface area contributed by atoms with Crippen LogP contribution in [-0.4, -0.2) is 25.5 Å². The van der Waals surface area contributed by atoms with Crippen LogP contribution in [0.5, 0.6) is 5.75 Å². The Morgan fingerprint density at radius 2 is 1.77 bits per heavy atom. The van der Waals surface area contributed by atoms with Gasteiger partial charge in [-0.25, -0.2) is 4.79 Å². The van der Waals surface area contributed by atoms with Gasteiger partial charge in [-0.05, 0) is 41.1 Å². The summed E-state index contributed by atoms with van der Waals surface area (Å²) in [6.45, 7) is -0.418. The third-order valence-corrected chi connectivity index (χ3v) is 4.85. The van der Waals surface area contributed by atoms with E-state index in [1.807, 2.05) is 30.3 Å². The van der Waals surface area contributed by atoms with Crippen molar-refractivity contribution < 1.29 is 23.5 Å². The fraction of sp³-hybridized carbons (Fsp3) is 0.125. The summed E-state index contributed by atoms with van der Waals surface area (Å²) in [5.74, 6) is -0.400. The molecule has 0 spiro atoms. The molecule has 1 heterocycles. The number of amides is 1. The monoisotopic (exact) mass is 417 g/mol. The van der Waals surface area contributed by atoms with E-state index in [9.17, 15) is 14.4 Å². The smallest absolute Gasteiger partial charge is 0.336 e. The van der Waals surface area contributed by atoms with Gasteiger partial charge in [-0.15, -0.1) is 0 Å². The highest BCUT2D eigenvalue weighted by atomic mass is 16.5. The van der Waals surface area contributed by atoms with Crippen molar-refractivity contribution in [2.75, 3.05) is 13.7 Å². The molecule has 4 aromatic rings. The summed E-state index contributed by atoms with van der Waals surface area (Å²) < 4.78 is 15.7. The van der Waals surface area contributed by atoms with Gasteiger partial charge >= 0.3 is 11.6 Å². The highest BCUT2D eigenvalue weighted by Gasteiger charge is 2.13. The van der Waals surface area contributed by atoms with Crippen LogP contribution in [0.4, 0.5) is 0 Å². The molecule has 31 heavy (non-hydrogen) atoms. The van der Waals surface area contributed by atoms with Gasteiger partial charge in [0.05, 0.1) is 7.11 Å². The zero-order valence-electron chi connectivity index (χ0n) is 16.7. The summed E-state index contributed by atoms with van der Waals surface area (Å²) in [4.78, 5) is 36.3. The Morgan fingerprint density at radius 3 is 2.55 bits per heavy atom. The van der Waals surface area contributed by atoms with Crippen LogP contribution in [0.15, 0.2) is 75.9 Å². The number of carbonyl (C=O) groups excluding carboxylic acids is 2. The Kier molecular flexibility index (Phi) is 5.66. The molecule has 0 bridgehead atoms. The maximum Gasteiger partial charge on any atom is 0.336 e. The van der Waals surface area contributed by atoms with E-state index in [1.165, 1.54) is 13.2 Å². The second-order valence-corrected chi connectivity index (χ2v) is 6.82. The van der Waals surface area contributed by atoms with E-state index in [2.05, 4.69) is 5.32 Å². The van der Waals surface area contributed by atoms with Crippen LogP contribution in [0.25, 0.3) is 21.7 Å². The molecule has 0 fully saturated rings. The van der Waals surface area contributed by atoms with Crippen LogP contribution >= 0.6 is 0 Å². The first-order valence-corrected chi connectivity index (χ1v) is 9.57. The van der Waals surface area contributed by atoms with Gasteiger partial charge in [-0.1, -0.05) is 30.3 Å². The average molecular weight is 417 g/mol. The lowest BCUT2D eigenvalue weighted by atomic mass is 10.0. The molecule has 4 rings (SSSR count). The van der Waals surface area contributed by atoms with E-state index < -0.39 is 17.5 Å². The lowest BCUT2D eigenvalue weighted by Gasteiger charge is -2.10. The Hall–Kier alpha value is -4.13. The summed E-state index contributed by atoms with van der Waals surface area (Å²) in [5.41, 5.74) is 0.830. The van der Waals surface area contributed by atoms with E-state index in [0.29, 0.717) is 27.8 Å². The summed E-state index contributed by atoms with van der Waals surface area (Å²) in [7, 11) is 1.54. The fourth-order valence-corrected chi connectivity index (χ4v) is 3.34. The molecule has 0 aliphatic heterocycles. The van der Waals surface area contributed by atoms with Crippen molar-refractivity contribution in [1.29, 1.82) is 0 Å². The highest BCUT2D eigenvalue weighted by molar-refractivity contribution is 6.07. The van der Waals surface area contributed by atoms with Crippen molar-refractivity contribution in [1.82, 2.24) is 5.32 Å². The zero-order chi connectivity index (χ0) is 21.8. The fourth-order valence-electron chi connectivity index (χ4n) is 3.34. The molecule has 1 amide bonds. The van der Waals surface area contributed by atoms with Crippen molar-refractivity contribution in [2.24, 2.45) is 0 Å². The zero-order valence-corrected chi connectivity index (χ0v) is 16.7. The van der Waals surface area contributed by atoms with Gasteiger partial charge < -0.3 is 19.2 Å². The van der Waals surface area contributed by atoms with Crippen LogP contribution in [0.1, 0.15) is 15.9 Å². The van der Waals surface area contributed by atoms with E-state index >= 15 is 0 Å².